The van der Waals surface area contributed by atoms with E-state index in [1.54, 1.807) is 0 Å². The van der Waals surface area contributed by atoms with Gasteiger partial charge >= 0.3 is 29.8 Å². The number of cyclic esters (lactones) is 1. The van der Waals surface area contributed by atoms with Gasteiger partial charge in [0.2, 0.25) is 41.4 Å². The SMILES string of the molecule is CC(C)[C@]12C[C@H]1[C@@H]1O[C@@]13[C@@]1(C)CCC4=C(COC4=O)C1CO[C@]3(C)[C@@H]2OC(=O)CCC(=O)NC(COCCC(=O)NCCCNC(=O)CC[C@H](N)C(=O)O)(COCCC(=O)NCCCNC(=O)CC[C@H](N)C(=O)O)COCCC(=O)NCCCNC(=O)CC[C@H](N)C(=O)O. The number of fused-ring (bicyclic) bond motifs is 4. The van der Waals surface area contributed by atoms with Crippen LogP contribution in [-0.2, 0) is 90.7 Å². The standard InChI is InChI=1S/C62H98N10O22/c1-36(2)61-30-39(61)52-62(94-52)58(3)20-16-37-38(31-91-56(37)87)40(58)32-92-59(62,4)57(61)93-51(80)15-14-50(79)72-60(33-88-27-17-47(76)69-24-5-21-66-44(73)11-8-41(63)53(81)82,34-89-28-18-48(77)70-25-6-22-67-45(74)12-9-42(64)54(83)84)35-90-29-19-49(78)71-26-7-23-68-46(75)13-10-43(65)55(85)86/h36,39-43,52,57H,5-35,63-65H2,1-4H3,(H,66,73)(H,67,74)(H,68,75)(H,69,76)(H,70,77)(H,71,78)(H,72,79)(H,81,82)(H,83,84)(H,85,86)/t39-,40?,41-,42-,43-,52-,57-,58-,59+,61+,62+/m0/s1. The molecule has 16 N–H and O–H groups in total. The van der Waals surface area contributed by atoms with E-state index in [0.717, 1.165) is 12.0 Å². The average Bonchev–Trinajstić information content (AvgIpc) is 1.44. The number of ether oxygens (including phenoxy) is 7. The number of carbonyl (C=O) groups is 12. The lowest BCUT2D eigenvalue weighted by Crippen LogP contribution is -2.73. The molecule has 6 rings (SSSR count). The van der Waals surface area contributed by atoms with Crippen LogP contribution < -0.4 is 54.4 Å². The summed E-state index contributed by atoms with van der Waals surface area (Å²) in [5.41, 5.74) is 13.6. The van der Waals surface area contributed by atoms with E-state index in [4.69, 9.17) is 65.7 Å². The Bertz CT molecular complexity index is 2630. The second kappa shape index (κ2) is 34.6. The van der Waals surface area contributed by atoms with Crippen molar-refractivity contribution in [1.82, 2.24) is 37.2 Å². The Morgan fingerprint density at radius 2 is 1.01 bits per heavy atom. The zero-order valence-corrected chi connectivity index (χ0v) is 54.4. The second-order valence-corrected chi connectivity index (χ2v) is 26.0. The molecule has 4 fully saturated rings. The van der Waals surface area contributed by atoms with Crippen LogP contribution in [-0.4, -0.2) is 226 Å². The van der Waals surface area contributed by atoms with Crippen molar-refractivity contribution in [3.63, 3.8) is 0 Å². The van der Waals surface area contributed by atoms with Crippen LogP contribution in [0.15, 0.2) is 11.1 Å². The van der Waals surface area contributed by atoms with Crippen LogP contribution in [0.25, 0.3) is 0 Å². The Balaban J connectivity index is 1.10. The monoisotopic (exact) mass is 1330 g/mol. The number of nitrogens with two attached hydrogens (primary N) is 3. The third kappa shape index (κ3) is 19.6. The number of rotatable bonds is 45. The van der Waals surface area contributed by atoms with Gasteiger partial charge in [-0.3, -0.25) is 52.7 Å². The van der Waals surface area contributed by atoms with Gasteiger partial charge in [0.05, 0.1) is 58.8 Å². The van der Waals surface area contributed by atoms with Crippen LogP contribution in [0.1, 0.15) is 137 Å². The van der Waals surface area contributed by atoms with Gasteiger partial charge < -0.3 is 103 Å². The summed E-state index contributed by atoms with van der Waals surface area (Å²) in [6.45, 7) is 8.23. The van der Waals surface area contributed by atoms with Crippen LogP contribution in [0.4, 0.5) is 0 Å². The van der Waals surface area contributed by atoms with Crippen LogP contribution >= 0.6 is 0 Å². The number of esters is 2. The van der Waals surface area contributed by atoms with Crippen molar-refractivity contribution in [1.29, 1.82) is 0 Å². The van der Waals surface area contributed by atoms with E-state index < -0.39 is 123 Å². The fourth-order valence-electron chi connectivity index (χ4n) is 13.7. The lowest BCUT2D eigenvalue weighted by Gasteiger charge is -2.61. The van der Waals surface area contributed by atoms with E-state index in [2.05, 4.69) is 58.0 Å². The fourth-order valence-corrected chi connectivity index (χ4v) is 13.7. The number of carbonyl (C=O) groups excluding carboxylic acids is 9. The molecule has 0 aromatic rings. The Morgan fingerprint density at radius 3 is 1.41 bits per heavy atom. The molecule has 32 heteroatoms. The van der Waals surface area contributed by atoms with Crippen molar-refractivity contribution < 1.29 is 106 Å². The van der Waals surface area contributed by atoms with Crippen molar-refractivity contribution in [3.05, 3.63) is 11.1 Å². The van der Waals surface area contributed by atoms with Crippen molar-refractivity contribution in [2.75, 3.05) is 92.1 Å². The van der Waals surface area contributed by atoms with Crippen molar-refractivity contribution in [2.45, 2.75) is 184 Å². The molecule has 32 nitrogen and oxygen atoms in total. The topological polar surface area (TPSA) is 496 Å². The molecular weight excluding hydrogens is 1240 g/mol. The van der Waals surface area contributed by atoms with Gasteiger partial charge in [-0.15, -0.1) is 0 Å². The summed E-state index contributed by atoms with van der Waals surface area (Å²) in [6.07, 6.45) is 0.347. The maximum atomic E-state index is 14.4. The van der Waals surface area contributed by atoms with Gasteiger partial charge in [0.1, 0.15) is 47.6 Å². The predicted molar refractivity (Wildman–Crippen MR) is 329 cm³/mol. The van der Waals surface area contributed by atoms with Crippen molar-refractivity contribution >= 4 is 71.2 Å². The van der Waals surface area contributed by atoms with E-state index in [1.807, 2.05) is 6.92 Å². The van der Waals surface area contributed by atoms with Gasteiger partial charge in [0.25, 0.3) is 0 Å². The van der Waals surface area contributed by atoms with Crippen LogP contribution in [0.5, 0.6) is 0 Å². The van der Waals surface area contributed by atoms with Crippen LogP contribution in [0.3, 0.4) is 0 Å². The average molecular weight is 1340 g/mol. The molecule has 7 amide bonds. The maximum absolute atomic E-state index is 14.4. The molecule has 0 bridgehead atoms. The second-order valence-electron chi connectivity index (χ2n) is 26.0. The number of aliphatic carboxylic acids is 3. The molecule has 6 aliphatic rings. The van der Waals surface area contributed by atoms with E-state index in [0.29, 0.717) is 37.7 Å². The minimum Gasteiger partial charge on any atom is -0.480 e. The highest BCUT2D eigenvalue weighted by Gasteiger charge is 2.93. The zero-order chi connectivity index (χ0) is 69.0. The van der Waals surface area contributed by atoms with E-state index in [9.17, 15) is 57.5 Å². The van der Waals surface area contributed by atoms with Crippen molar-refractivity contribution in [3.8, 4) is 0 Å². The minimum atomic E-state index is -1.59. The molecule has 2 saturated carbocycles. The molecule has 0 aromatic heterocycles. The maximum Gasteiger partial charge on any atom is 0.334 e. The summed E-state index contributed by atoms with van der Waals surface area (Å²) < 4.78 is 44.1. The number of hydrogen-bond donors (Lipinski definition) is 13. The predicted octanol–water partition coefficient (Wildman–Crippen LogP) is -1.93. The van der Waals surface area contributed by atoms with Gasteiger partial charge in [0.15, 0.2) is 0 Å². The third-order valence-corrected chi connectivity index (χ3v) is 19.2. The molecule has 0 aromatic carbocycles. The number of hydrogen-bond acceptors (Lipinski definition) is 22. The quantitative estimate of drug-likeness (QED) is 0.0179. The Hall–Kier alpha value is -6.94. The van der Waals surface area contributed by atoms with Gasteiger partial charge in [-0.2, -0.15) is 0 Å². The number of carboxylic acid groups (broad SMARTS) is 3. The number of epoxide rings is 1. The summed E-state index contributed by atoms with van der Waals surface area (Å²) in [5.74, 6) is -7.76. The first-order valence-corrected chi connectivity index (χ1v) is 32.6. The molecule has 2 saturated heterocycles. The minimum absolute atomic E-state index is 0.0475. The first kappa shape index (κ1) is 76.1. The number of carboxylic acids is 3. The highest BCUT2D eigenvalue weighted by Crippen LogP contribution is 2.82. The molecule has 94 heavy (non-hydrogen) atoms. The van der Waals surface area contributed by atoms with Gasteiger partial charge in [0, 0.05) is 107 Å². The van der Waals surface area contributed by atoms with E-state index >= 15 is 0 Å². The summed E-state index contributed by atoms with van der Waals surface area (Å²) >= 11 is 0. The highest BCUT2D eigenvalue weighted by molar-refractivity contribution is 5.92. The largest absolute Gasteiger partial charge is 0.480 e. The zero-order valence-electron chi connectivity index (χ0n) is 54.4. The summed E-state index contributed by atoms with van der Waals surface area (Å²) in [5, 5.41) is 46.0. The molecule has 0 radical (unpaired) electrons. The lowest BCUT2D eigenvalue weighted by molar-refractivity contribution is -0.265. The van der Waals surface area contributed by atoms with Crippen LogP contribution in [0.2, 0.25) is 0 Å². The Morgan fingerprint density at radius 1 is 0.596 bits per heavy atom. The van der Waals surface area contributed by atoms with E-state index in [-0.39, 0.29) is 186 Å². The molecule has 528 valence electrons. The smallest absolute Gasteiger partial charge is 0.334 e. The Kier molecular flexibility index (Phi) is 28.0. The lowest BCUT2D eigenvalue weighted by atomic mass is 9.49. The third-order valence-electron chi connectivity index (χ3n) is 19.2. The normalized spacial score (nSPS) is 25.4. The summed E-state index contributed by atoms with van der Waals surface area (Å²) in [7, 11) is 0. The number of amides is 7. The molecule has 1 unspecified atom stereocenters. The fraction of sp³-hybridized carbons (Fsp3) is 0.774. The first-order valence-electron chi connectivity index (χ1n) is 32.6. The van der Waals surface area contributed by atoms with Gasteiger partial charge in [-0.05, 0) is 82.1 Å². The number of nitrogens with one attached hydrogen (secondary N) is 7. The molecule has 1 spiro atoms. The molecule has 11 atom stereocenters. The first-order chi connectivity index (χ1) is 44.6. The molecule has 3 aliphatic carbocycles. The molecule has 3 heterocycles. The summed E-state index contributed by atoms with van der Waals surface area (Å²) in [4.78, 5) is 150. The van der Waals surface area contributed by atoms with Crippen molar-refractivity contribution in [2.24, 2.45) is 45.8 Å². The van der Waals surface area contributed by atoms with E-state index in [1.165, 1.54) is 0 Å². The highest BCUT2D eigenvalue weighted by atomic mass is 16.7. The molecule has 3 aliphatic heterocycles. The molecular formula is C62H98N10O22. The summed E-state index contributed by atoms with van der Waals surface area (Å²) in [6, 6.07) is -3.53. The van der Waals surface area contributed by atoms with Gasteiger partial charge in [-0.1, -0.05) is 20.8 Å². The van der Waals surface area contributed by atoms with Crippen LogP contribution in [0, 0.1) is 28.6 Å². The Labute approximate surface area is 545 Å². The van der Waals surface area contributed by atoms with Gasteiger partial charge in [-0.25, -0.2) is 4.79 Å².